The first kappa shape index (κ1) is 17.0. The third kappa shape index (κ3) is 4.81. The number of benzene rings is 1. The van der Waals surface area contributed by atoms with Gasteiger partial charge in [-0.1, -0.05) is 45.9 Å². The van der Waals surface area contributed by atoms with Crippen molar-refractivity contribution < 1.29 is 0 Å². The number of nitrogens with two attached hydrogens (primary N) is 1. The van der Waals surface area contributed by atoms with Crippen molar-refractivity contribution in [2.45, 2.75) is 39.0 Å². The Bertz CT molecular complexity index is 660. The molecule has 4 nitrogen and oxygen atoms in total. The lowest BCUT2D eigenvalue weighted by molar-refractivity contribution is 0.523. The van der Waals surface area contributed by atoms with Crippen LogP contribution in [-0.4, -0.2) is 17.5 Å². The number of rotatable bonds is 5. The van der Waals surface area contributed by atoms with Crippen LogP contribution in [0.1, 0.15) is 44.9 Å². The van der Waals surface area contributed by atoms with E-state index in [9.17, 15) is 0 Å². The van der Waals surface area contributed by atoms with Crippen molar-refractivity contribution in [1.82, 2.24) is 4.98 Å². The number of nitrogens with zero attached hydrogens (tertiary/aromatic N) is 2. The number of nitrogens with one attached hydrogen (secondary N) is 1. The standard InChI is InChI=1S/C19H26N4/c1-14(2)15-8-7-9-16(12-15)23-18(20)22-13-19(3,4)17-10-5-6-11-21-17/h5-12,14H,13H2,1-4H3,(H3,20,22,23). The molecule has 0 aliphatic rings. The third-order valence-electron chi connectivity index (χ3n) is 3.83. The van der Waals surface area contributed by atoms with Crippen molar-refractivity contribution in [2.75, 3.05) is 11.9 Å². The van der Waals surface area contributed by atoms with Crippen LogP contribution in [0.2, 0.25) is 0 Å². The minimum absolute atomic E-state index is 0.159. The second-order valence-corrected chi connectivity index (χ2v) is 6.71. The molecule has 0 spiro atoms. The zero-order valence-corrected chi connectivity index (χ0v) is 14.4. The van der Waals surface area contributed by atoms with E-state index < -0.39 is 0 Å². The Hall–Kier alpha value is -2.36. The first-order valence-corrected chi connectivity index (χ1v) is 7.97. The van der Waals surface area contributed by atoms with Crippen LogP contribution in [0.25, 0.3) is 0 Å². The first-order chi connectivity index (χ1) is 10.9. The van der Waals surface area contributed by atoms with E-state index >= 15 is 0 Å². The molecule has 3 N–H and O–H groups in total. The van der Waals surface area contributed by atoms with Crippen LogP contribution in [0.5, 0.6) is 0 Å². The Morgan fingerprint density at radius 1 is 1.22 bits per heavy atom. The van der Waals surface area contributed by atoms with E-state index in [4.69, 9.17) is 5.73 Å². The molecule has 0 aliphatic carbocycles. The fraction of sp³-hybridized carbons (Fsp3) is 0.368. The van der Waals surface area contributed by atoms with Gasteiger partial charge in [-0.3, -0.25) is 9.98 Å². The lowest BCUT2D eigenvalue weighted by atomic mass is 9.89. The highest BCUT2D eigenvalue weighted by atomic mass is 15.1. The number of hydrogen-bond donors (Lipinski definition) is 2. The van der Waals surface area contributed by atoms with Gasteiger partial charge in [-0.2, -0.15) is 0 Å². The lowest BCUT2D eigenvalue weighted by Crippen LogP contribution is -2.28. The highest BCUT2D eigenvalue weighted by Gasteiger charge is 2.21. The number of hydrogen-bond acceptors (Lipinski definition) is 2. The van der Waals surface area contributed by atoms with Gasteiger partial charge in [-0.25, -0.2) is 0 Å². The fourth-order valence-electron chi connectivity index (χ4n) is 2.29. The molecular formula is C19H26N4. The quantitative estimate of drug-likeness (QED) is 0.650. The van der Waals surface area contributed by atoms with Gasteiger partial charge in [0.25, 0.3) is 0 Å². The van der Waals surface area contributed by atoms with Crippen molar-refractivity contribution in [1.29, 1.82) is 0 Å². The van der Waals surface area contributed by atoms with E-state index in [2.05, 4.69) is 55.1 Å². The lowest BCUT2D eigenvalue weighted by Gasteiger charge is -2.21. The van der Waals surface area contributed by atoms with E-state index in [1.807, 2.05) is 30.3 Å². The molecule has 0 bridgehead atoms. The largest absolute Gasteiger partial charge is 0.370 e. The zero-order valence-electron chi connectivity index (χ0n) is 14.4. The van der Waals surface area contributed by atoms with Crippen LogP contribution in [0.3, 0.4) is 0 Å². The Kier molecular flexibility index (Phi) is 5.37. The van der Waals surface area contributed by atoms with Gasteiger partial charge < -0.3 is 11.1 Å². The van der Waals surface area contributed by atoms with Crippen LogP contribution in [0.4, 0.5) is 5.69 Å². The molecule has 23 heavy (non-hydrogen) atoms. The molecule has 0 aliphatic heterocycles. The molecule has 0 atom stereocenters. The average molecular weight is 310 g/mol. The van der Waals surface area contributed by atoms with E-state index in [1.165, 1.54) is 5.56 Å². The SMILES string of the molecule is CC(C)c1cccc(NC(N)=NCC(C)(C)c2ccccn2)c1. The molecule has 0 saturated carbocycles. The summed E-state index contributed by atoms with van der Waals surface area (Å²) >= 11 is 0. The van der Waals surface area contributed by atoms with Crippen molar-refractivity contribution in [3.63, 3.8) is 0 Å². The molecule has 0 radical (unpaired) electrons. The van der Waals surface area contributed by atoms with Crippen LogP contribution in [-0.2, 0) is 5.41 Å². The molecule has 122 valence electrons. The maximum atomic E-state index is 6.04. The van der Waals surface area contributed by atoms with Gasteiger partial charge in [0.1, 0.15) is 0 Å². The summed E-state index contributed by atoms with van der Waals surface area (Å²) in [5.74, 6) is 0.910. The Labute approximate surface area is 138 Å². The second-order valence-electron chi connectivity index (χ2n) is 6.71. The minimum atomic E-state index is -0.159. The summed E-state index contributed by atoms with van der Waals surface area (Å²) in [6.07, 6.45) is 1.81. The first-order valence-electron chi connectivity index (χ1n) is 7.97. The molecule has 0 fully saturated rings. The van der Waals surface area contributed by atoms with Gasteiger partial charge in [0, 0.05) is 23.0 Å². The smallest absolute Gasteiger partial charge is 0.193 e. The monoisotopic (exact) mass is 310 g/mol. The van der Waals surface area contributed by atoms with E-state index in [0.717, 1.165) is 11.4 Å². The number of pyridine rings is 1. The zero-order chi connectivity index (χ0) is 16.9. The van der Waals surface area contributed by atoms with Gasteiger partial charge >= 0.3 is 0 Å². The van der Waals surface area contributed by atoms with Crippen molar-refractivity contribution in [3.8, 4) is 0 Å². The summed E-state index contributed by atoms with van der Waals surface area (Å²) in [5.41, 5.74) is 9.13. The fourth-order valence-corrected chi connectivity index (χ4v) is 2.29. The maximum Gasteiger partial charge on any atom is 0.193 e. The molecule has 0 saturated heterocycles. The molecule has 2 aromatic rings. The molecule has 0 unspecified atom stereocenters. The summed E-state index contributed by atoms with van der Waals surface area (Å²) < 4.78 is 0. The van der Waals surface area contributed by atoms with Crippen LogP contribution >= 0.6 is 0 Å². The van der Waals surface area contributed by atoms with Gasteiger partial charge in [0.15, 0.2) is 5.96 Å². The minimum Gasteiger partial charge on any atom is -0.370 e. The normalized spacial score (nSPS) is 12.5. The Balaban J connectivity index is 2.04. The summed E-state index contributed by atoms with van der Waals surface area (Å²) in [6.45, 7) is 9.15. The van der Waals surface area contributed by atoms with Crippen molar-refractivity contribution in [3.05, 3.63) is 59.9 Å². The summed E-state index contributed by atoms with van der Waals surface area (Å²) in [4.78, 5) is 8.90. The predicted octanol–water partition coefficient (Wildman–Crippen LogP) is 3.91. The average Bonchev–Trinajstić information content (AvgIpc) is 2.54. The van der Waals surface area contributed by atoms with Gasteiger partial charge in [-0.15, -0.1) is 0 Å². The maximum absolute atomic E-state index is 6.04. The number of aromatic nitrogens is 1. The highest BCUT2D eigenvalue weighted by Crippen LogP contribution is 2.21. The van der Waals surface area contributed by atoms with Gasteiger partial charge in [0.2, 0.25) is 0 Å². The Morgan fingerprint density at radius 3 is 2.65 bits per heavy atom. The van der Waals surface area contributed by atoms with Crippen molar-refractivity contribution >= 4 is 11.6 Å². The molecule has 4 heteroatoms. The molecule has 1 aromatic carbocycles. The number of aliphatic imine (C=N–C) groups is 1. The third-order valence-corrected chi connectivity index (χ3v) is 3.83. The van der Waals surface area contributed by atoms with Crippen LogP contribution < -0.4 is 11.1 Å². The predicted molar refractivity (Wildman–Crippen MR) is 97.9 cm³/mol. The van der Waals surface area contributed by atoms with Gasteiger partial charge in [0.05, 0.1) is 6.54 Å². The highest BCUT2D eigenvalue weighted by molar-refractivity contribution is 5.92. The van der Waals surface area contributed by atoms with Crippen LogP contribution in [0.15, 0.2) is 53.7 Å². The molecule has 2 rings (SSSR count). The summed E-state index contributed by atoms with van der Waals surface area (Å²) in [7, 11) is 0. The molecular weight excluding hydrogens is 284 g/mol. The van der Waals surface area contributed by atoms with Gasteiger partial charge in [-0.05, 0) is 35.7 Å². The van der Waals surface area contributed by atoms with E-state index in [-0.39, 0.29) is 5.41 Å². The number of anilines is 1. The summed E-state index contributed by atoms with van der Waals surface area (Å²) in [5, 5.41) is 3.17. The van der Waals surface area contributed by atoms with E-state index in [0.29, 0.717) is 18.4 Å². The number of guanidine groups is 1. The van der Waals surface area contributed by atoms with Crippen molar-refractivity contribution in [2.24, 2.45) is 10.7 Å². The molecule has 1 aromatic heterocycles. The Morgan fingerprint density at radius 2 is 2.00 bits per heavy atom. The van der Waals surface area contributed by atoms with E-state index in [1.54, 1.807) is 6.20 Å². The molecule has 1 heterocycles. The molecule has 0 amide bonds. The topological polar surface area (TPSA) is 63.3 Å². The second kappa shape index (κ2) is 7.27. The summed E-state index contributed by atoms with van der Waals surface area (Å²) in [6, 6.07) is 14.2. The van der Waals surface area contributed by atoms with Crippen LogP contribution in [0, 0.1) is 0 Å².